The molecule has 0 bridgehead atoms. The van der Waals surface area contributed by atoms with Gasteiger partial charge < -0.3 is 14.4 Å². The van der Waals surface area contributed by atoms with E-state index >= 15 is 0 Å². The third-order valence-electron chi connectivity index (χ3n) is 4.69. The summed E-state index contributed by atoms with van der Waals surface area (Å²) in [5, 5.41) is 0. The Kier molecular flexibility index (Phi) is 6.64. The summed E-state index contributed by atoms with van der Waals surface area (Å²) >= 11 is 0. The zero-order chi connectivity index (χ0) is 17.5. The van der Waals surface area contributed by atoms with Crippen molar-refractivity contribution in [2.75, 3.05) is 32.2 Å². The molecule has 24 heavy (non-hydrogen) atoms. The molecule has 1 heterocycles. The van der Waals surface area contributed by atoms with Crippen molar-refractivity contribution < 1.29 is 19.1 Å². The molecule has 0 N–H and O–H groups in total. The first-order valence-corrected chi connectivity index (χ1v) is 8.64. The lowest BCUT2D eigenvalue weighted by atomic mass is 9.95. The number of methoxy groups -OCH3 is 2. The van der Waals surface area contributed by atoms with Crippen LogP contribution < -0.4 is 4.90 Å². The molecule has 0 amide bonds. The Morgan fingerprint density at radius 1 is 1.17 bits per heavy atom. The molecule has 0 aromatic heterocycles. The Labute approximate surface area is 143 Å². The van der Waals surface area contributed by atoms with E-state index < -0.39 is 0 Å². The number of carbonyl (C=O) groups excluding carboxylic acids is 2. The van der Waals surface area contributed by atoms with Crippen molar-refractivity contribution in [3.8, 4) is 0 Å². The van der Waals surface area contributed by atoms with E-state index in [2.05, 4.69) is 17.9 Å². The zero-order valence-corrected chi connectivity index (χ0v) is 14.8. The summed E-state index contributed by atoms with van der Waals surface area (Å²) in [5.41, 5.74) is 2.70. The number of nitrogens with zero attached hydrogens (tertiary/aromatic N) is 1. The maximum atomic E-state index is 12.1. The Balaban J connectivity index is 2.13. The first kappa shape index (κ1) is 18.3. The van der Waals surface area contributed by atoms with Crippen molar-refractivity contribution >= 4 is 17.6 Å². The van der Waals surface area contributed by atoms with Gasteiger partial charge in [0, 0.05) is 18.8 Å². The van der Waals surface area contributed by atoms with Gasteiger partial charge in [-0.05, 0) is 43.4 Å². The molecule has 5 nitrogen and oxygen atoms in total. The summed E-state index contributed by atoms with van der Waals surface area (Å²) in [7, 11) is 2.85. The van der Waals surface area contributed by atoms with Crippen LogP contribution in [0, 0.1) is 5.92 Å². The number of esters is 2. The van der Waals surface area contributed by atoms with Crippen molar-refractivity contribution in [2.24, 2.45) is 5.92 Å². The smallest absolute Gasteiger partial charge is 0.338 e. The number of rotatable bonds is 6. The van der Waals surface area contributed by atoms with E-state index in [0.717, 1.165) is 56.4 Å². The molecular weight excluding hydrogens is 306 g/mol. The van der Waals surface area contributed by atoms with Gasteiger partial charge in [-0.25, -0.2) is 4.79 Å². The van der Waals surface area contributed by atoms with Crippen molar-refractivity contribution in [3.63, 3.8) is 0 Å². The van der Waals surface area contributed by atoms with E-state index in [1.165, 1.54) is 14.2 Å². The predicted molar refractivity (Wildman–Crippen MR) is 93.3 cm³/mol. The maximum Gasteiger partial charge on any atom is 0.338 e. The molecule has 0 saturated carbocycles. The average Bonchev–Trinajstić information content (AvgIpc) is 2.65. The minimum atomic E-state index is -0.285. The molecule has 1 aliphatic rings. The van der Waals surface area contributed by atoms with Crippen LogP contribution >= 0.6 is 0 Å². The Morgan fingerprint density at radius 2 is 1.88 bits per heavy atom. The largest absolute Gasteiger partial charge is 0.469 e. The van der Waals surface area contributed by atoms with E-state index in [0.29, 0.717) is 5.56 Å². The van der Waals surface area contributed by atoms with Crippen LogP contribution in [0.3, 0.4) is 0 Å². The second-order valence-corrected chi connectivity index (χ2v) is 6.22. The van der Waals surface area contributed by atoms with Gasteiger partial charge in [0.15, 0.2) is 0 Å². The normalized spacial score (nSPS) is 15.2. The molecule has 0 unspecified atom stereocenters. The van der Waals surface area contributed by atoms with Crippen LogP contribution in [0.15, 0.2) is 18.2 Å². The molecule has 1 aliphatic heterocycles. The molecule has 0 aliphatic carbocycles. The van der Waals surface area contributed by atoms with E-state index in [1.807, 2.05) is 12.1 Å². The standard InChI is InChI=1S/C19H27NO4/c1-4-5-6-14-7-8-16(13-17(14)19(22)24-3)20-11-9-15(10-12-20)18(21)23-2/h7-8,13,15H,4-6,9-12H2,1-3H3. The monoisotopic (exact) mass is 333 g/mol. The van der Waals surface area contributed by atoms with Crippen molar-refractivity contribution in [1.29, 1.82) is 0 Å². The summed E-state index contributed by atoms with van der Waals surface area (Å²) in [6.45, 7) is 3.71. The van der Waals surface area contributed by atoms with Gasteiger partial charge in [0.25, 0.3) is 0 Å². The van der Waals surface area contributed by atoms with Crippen LogP contribution in [-0.2, 0) is 20.7 Å². The van der Waals surface area contributed by atoms with Gasteiger partial charge in [0.1, 0.15) is 0 Å². The van der Waals surface area contributed by atoms with Gasteiger partial charge >= 0.3 is 11.9 Å². The highest BCUT2D eigenvalue weighted by molar-refractivity contribution is 5.92. The summed E-state index contributed by atoms with van der Waals surface area (Å²) in [4.78, 5) is 26.0. The Morgan fingerprint density at radius 3 is 2.46 bits per heavy atom. The lowest BCUT2D eigenvalue weighted by Crippen LogP contribution is -2.36. The fraction of sp³-hybridized carbons (Fsp3) is 0.579. The molecule has 132 valence electrons. The predicted octanol–water partition coefficient (Wildman–Crippen LogP) is 3.21. The average molecular weight is 333 g/mol. The highest BCUT2D eigenvalue weighted by Gasteiger charge is 2.26. The first-order chi connectivity index (χ1) is 11.6. The van der Waals surface area contributed by atoms with Crippen LogP contribution in [0.4, 0.5) is 5.69 Å². The SMILES string of the molecule is CCCCc1ccc(N2CCC(C(=O)OC)CC2)cc1C(=O)OC. The van der Waals surface area contributed by atoms with Gasteiger partial charge in [-0.15, -0.1) is 0 Å². The second-order valence-electron chi connectivity index (χ2n) is 6.22. The van der Waals surface area contributed by atoms with Crippen molar-refractivity contribution in [2.45, 2.75) is 39.0 Å². The minimum Gasteiger partial charge on any atom is -0.469 e. The van der Waals surface area contributed by atoms with Crippen LogP contribution in [0.2, 0.25) is 0 Å². The number of aryl methyl sites for hydroxylation is 1. The highest BCUT2D eigenvalue weighted by atomic mass is 16.5. The molecule has 1 aromatic rings. The lowest BCUT2D eigenvalue weighted by Gasteiger charge is -2.32. The van der Waals surface area contributed by atoms with Gasteiger partial charge in [-0.1, -0.05) is 19.4 Å². The van der Waals surface area contributed by atoms with Gasteiger partial charge in [-0.2, -0.15) is 0 Å². The van der Waals surface area contributed by atoms with E-state index in [9.17, 15) is 9.59 Å². The van der Waals surface area contributed by atoms with Gasteiger partial charge in [-0.3, -0.25) is 4.79 Å². The number of unbranched alkanes of at least 4 members (excludes halogenated alkanes) is 1. The molecule has 1 fully saturated rings. The molecule has 0 spiro atoms. The number of carbonyl (C=O) groups is 2. The maximum absolute atomic E-state index is 12.1. The van der Waals surface area contributed by atoms with Crippen molar-refractivity contribution in [1.82, 2.24) is 0 Å². The molecule has 1 aromatic carbocycles. The quantitative estimate of drug-likeness (QED) is 0.748. The zero-order valence-electron chi connectivity index (χ0n) is 14.8. The van der Waals surface area contributed by atoms with Crippen LogP contribution in [0.25, 0.3) is 0 Å². The summed E-state index contributed by atoms with van der Waals surface area (Å²) in [6, 6.07) is 6.02. The fourth-order valence-electron chi connectivity index (χ4n) is 3.19. The number of benzene rings is 1. The van der Waals surface area contributed by atoms with E-state index in [1.54, 1.807) is 0 Å². The summed E-state index contributed by atoms with van der Waals surface area (Å²) in [5.74, 6) is -0.428. The van der Waals surface area contributed by atoms with Gasteiger partial charge in [0.2, 0.25) is 0 Å². The van der Waals surface area contributed by atoms with E-state index in [-0.39, 0.29) is 17.9 Å². The van der Waals surface area contributed by atoms with E-state index in [4.69, 9.17) is 9.47 Å². The number of hydrogen-bond donors (Lipinski definition) is 0. The number of anilines is 1. The van der Waals surface area contributed by atoms with Crippen molar-refractivity contribution in [3.05, 3.63) is 29.3 Å². The molecular formula is C19H27NO4. The minimum absolute atomic E-state index is 0.0184. The molecule has 0 atom stereocenters. The Bertz CT molecular complexity index is 577. The van der Waals surface area contributed by atoms with Crippen LogP contribution in [0.1, 0.15) is 48.5 Å². The molecule has 1 saturated heterocycles. The number of piperidine rings is 1. The van der Waals surface area contributed by atoms with Crippen LogP contribution in [0.5, 0.6) is 0 Å². The Hall–Kier alpha value is -2.04. The molecule has 0 radical (unpaired) electrons. The topological polar surface area (TPSA) is 55.8 Å². The molecule has 5 heteroatoms. The lowest BCUT2D eigenvalue weighted by molar-refractivity contribution is -0.146. The summed E-state index contributed by atoms with van der Waals surface area (Å²) < 4.78 is 9.77. The van der Waals surface area contributed by atoms with Gasteiger partial charge in [0.05, 0.1) is 25.7 Å². The molecule has 2 rings (SSSR count). The third-order valence-corrected chi connectivity index (χ3v) is 4.69. The van der Waals surface area contributed by atoms with Crippen LogP contribution in [-0.4, -0.2) is 39.2 Å². The second kappa shape index (κ2) is 8.71. The summed E-state index contributed by atoms with van der Waals surface area (Å²) in [6.07, 6.45) is 4.57. The number of hydrogen-bond acceptors (Lipinski definition) is 5. The highest BCUT2D eigenvalue weighted by Crippen LogP contribution is 2.27. The third kappa shape index (κ3) is 4.28. The first-order valence-electron chi connectivity index (χ1n) is 8.64. The number of ether oxygens (including phenoxy) is 2. The fourth-order valence-corrected chi connectivity index (χ4v) is 3.19.